The van der Waals surface area contributed by atoms with Gasteiger partial charge in [0.1, 0.15) is 11.2 Å². The number of benzene rings is 15. The molecule has 25 rings (SSSR count). The normalized spacial score (nSPS) is 17.3. The maximum Gasteiger partial charge on any atom is 0.160 e. The van der Waals surface area contributed by atoms with Crippen molar-refractivity contribution in [1.29, 1.82) is 0 Å². The van der Waals surface area contributed by atoms with E-state index in [1.54, 1.807) is 16.7 Å². The van der Waals surface area contributed by atoms with Crippen LogP contribution in [-0.2, 0) is 28.1 Å². The van der Waals surface area contributed by atoms with Crippen molar-refractivity contribution in [1.82, 2.24) is 19.9 Å². The van der Waals surface area contributed by atoms with Crippen molar-refractivity contribution in [3.8, 4) is 146 Å². The van der Waals surface area contributed by atoms with Crippen molar-refractivity contribution in [3.05, 3.63) is 425 Å². The SMILES string of the molecule is CC1(C)c2ccccc2-c2cc3c(cc21)-c1cc(-c2cccc(-c4cccc(-c5cc(-c6ccc7c(c6)oc6cc(CC8(C)c9ccccc9-c9cc%10c(cc98)C8=C(C=CC(c9cccc(-c%11cccc(-c%12nc(-c%13ccccc%13)c(-c%13ccccc%13)nc%12-c%12ccccc%12)c%11)c9)C8)C%108CCCCC8)ccc67)nc(-c6ccccc6)n5)c4)c2)ccc1C31CCCCC1. The first-order valence-electron chi connectivity index (χ1n) is 46.0. The van der Waals surface area contributed by atoms with Crippen molar-refractivity contribution >= 4 is 27.5 Å². The minimum atomic E-state index is -0.322. The molecule has 2 spiro atoms. The summed E-state index contributed by atoms with van der Waals surface area (Å²) in [6.07, 6.45) is 19.3. The van der Waals surface area contributed by atoms with Crippen LogP contribution in [0, 0.1) is 0 Å². The molecule has 5 heteroatoms. The average Bonchev–Trinajstić information content (AvgIpc) is 1.53. The average molecular weight is 1630 g/mol. The lowest BCUT2D eigenvalue weighted by Gasteiger charge is -2.38. The van der Waals surface area contributed by atoms with Crippen LogP contribution in [0.15, 0.2) is 374 Å². The number of nitrogens with zero attached hydrogens (tertiary/aromatic N) is 4. The zero-order valence-electron chi connectivity index (χ0n) is 71.9. The standard InChI is InChI=1S/C122H94N4O/c1-119(2)102-48-20-18-46-92(102)98-72-108-100(70-106(98)119)96-67-87(52-56-104(96)121(108)58-22-8-23-59-121)83-40-26-38-81(63-83)85-42-28-44-89(65-85)110-74-111(124-118(123-110)80-36-16-7-17-37-80)90-51-55-95-94-54-50-76(62-112(94)127-113(95)69-90)75-120(3)103-49-21-19-47-93(103)99-73-109-101(71-107(99)120)97-68-88(53-57-105(97)122(109)60-24-9-25-61-122)84-41-27-39-82(64-84)86-43-29-45-91(66-86)117-116(79-34-14-6-15-35-79)125-114(77-30-10-4-11-31-77)115(126-117)78-32-12-5-13-33-78/h4-7,10-21,26-57,62-67,69-74,88H,8-9,22-25,58-61,68,75H2,1-3H3. The second-order valence-electron chi connectivity index (χ2n) is 37.8. The lowest BCUT2D eigenvalue weighted by Crippen LogP contribution is -2.29. The van der Waals surface area contributed by atoms with Crippen LogP contribution in [0.3, 0.4) is 0 Å². The highest BCUT2D eigenvalue weighted by Gasteiger charge is 2.50. The van der Waals surface area contributed by atoms with Crippen LogP contribution in [0.2, 0.25) is 0 Å². The van der Waals surface area contributed by atoms with E-state index in [4.69, 9.17) is 24.4 Å². The molecule has 2 unspecified atom stereocenters. The van der Waals surface area contributed by atoms with Crippen LogP contribution in [0.5, 0.6) is 0 Å². The first-order chi connectivity index (χ1) is 62.4. The predicted octanol–water partition coefficient (Wildman–Crippen LogP) is 31.6. The number of allylic oxidation sites excluding steroid dienone is 4. The summed E-state index contributed by atoms with van der Waals surface area (Å²) in [5.41, 5.74) is 46.6. The zero-order valence-corrected chi connectivity index (χ0v) is 71.9. The Morgan fingerprint density at radius 1 is 0.291 bits per heavy atom. The number of furan rings is 1. The highest BCUT2D eigenvalue weighted by Crippen LogP contribution is 2.64. The Bertz CT molecular complexity index is 7620. The number of hydrogen-bond acceptors (Lipinski definition) is 5. The quantitative estimate of drug-likeness (QED) is 0.115. The van der Waals surface area contributed by atoms with E-state index in [1.165, 1.54) is 164 Å². The van der Waals surface area contributed by atoms with Gasteiger partial charge in [-0.05, 0) is 245 Å². The third-order valence-corrected chi connectivity index (χ3v) is 30.3. The largest absolute Gasteiger partial charge is 0.456 e. The van der Waals surface area contributed by atoms with Gasteiger partial charge < -0.3 is 4.42 Å². The molecule has 127 heavy (non-hydrogen) atoms. The molecule has 15 aromatic carbocycles. The summed E-state index contributed by atoms with van der Waals surface area (Å²) in [4.78, 5) is 22.0. The van der Waals surface area contributed by atoms with Gasteiger partial charge in [-0.1, -0.05) is 351 Å². The molecule has 18 aromatic rings. The van der Waals surface area contributed by atoms with E-state index in [1.807, 2.05) is 0 Å². The summed E-state index contributed by atoms with van der Waals surface area (Å²) in [6, 6.07) is 131. The van der Waals surface area contributed by atoms with Crippen molar-refractivity contribution in [3.63, 3.8) is 0 Å². The van der Waals surface area contributed by atoms with E-state index in [0.717, 1.165) is 125 Å². The van der Waals surface area contributed by atoms with Gasteiger partial charge in [0.2, 0.25) is 0 Å². The Labute approximate surface area is 743 Å². The maximum absolute atomic E-state index is 7.10. The molecule has 0 radical (unpaired) electrons. The van der Waals surface area contributed by atoms with Crippen LogP contribution in [-0.4, -0.2) is 19.9 Å². The molecule has 7 aliphatic carbocycles. The molecule has 3 heterocycles. The fourth-order valence-corrected chi connectivity index (χ4v) is 24.0. The second-order valence-corrected chi connectivity index (χ2v) is 37.8. The van der Waals surface area contributed by atoms with Crippen LogP contribution >= 0.6 is 0 Å². The summed E-state index contributed by atoms with van der Waals surface area (Å²) in [5, 5.41) is 2.19. The summed E-state index contributed by atoms with van der Waals surface area (Å²) in [6.45, 7) is 7.34. The molecule has 7 aliphatic rings. The fraction of sp³-hybridized carbons (Fsp3) is 0.164. The number of aromatic nitrogens is 4. The second kappa shape index (κ2) is 29.4. The molecule has 608 valence electrons. The molecule has 2 saturated carbocycles. The van der Waals surface area contributed by atoms with Crippen molar-refractivity contribution in [2.45, 2.75) is 125 Å². The molecule has 0 saturated heterocycles. The first kappa shape index (κ1) is 75.3. The molecule has 0 bridgehead atoms. The lowest BCUT2D eigenvalue weighted by atomic mass is 9.65. The third-order valence-electron chi connectivity index (χ3n) is 30.3. The van der Waals surface area contributed by atoms with Gasteiger partial charge in [0.05, 0.1) is 34.2 Å². The van der Waals surface area contributed by atoms with Gasteiger partial charge in [-0.15, -0.1) is 0 Å². The van der Waals surface area contributed by atoms with Gasteiger partial charge in [0.15, 0.2) is 5.82 Å². The van der Waals surface area contributed by atoms with Gasteiger partial charge in [-0.2, -0.15) is 0 Å². The summed E-state index contributed by atoms with van der Waals surface area (Å²) in [5.74, 6) is 0.872. The van der Waals surface area contributed by atoms with E-state index >= 15 is 0 Å². The topological polar surface area (TPSA) is 64.7 Å². The van der Waals surface area contributed by atoms with E-state index in [9.17, 15) is 0 Å². The lowest BCUT2D eigenvalue weighted by molar-refractivity contribution is 0.349. The molecular formula is C122H94N4O. The van der Waals surface area contributed by atoms with Crippen molar-refractivity contribution < 1.29 is 4.42 Å². The number of rotatable bonds is 13. The van der Waals surface area contributed by atoms with Crippen molar-refractivity contribution in [2.75, 3.05) is 0 Å². The molecule has 3 aromatic heterocycles. The number of fused-ring (bicyclic) bond motifs is 18. The van der Waals surface area contributed by atoms with Crippen LogP contribution in [0.25, 0.3) is 173 Å². The Morgan fingerprint density at radius 3 is 1.37 bits per heavy atom. The van der Waals surface area contributed by atoms with Crippen LogP contribution in [0.4, 0.5) is 0 Å². The van der Waals surface area contributed by atoms with Gasteiger partial charge in [0.25, 0.3) is 0 Å². The highest BCUT2D eigenvalue weighted by molar-refractivity contribution is 6.06. The molecule has 2 atom stereocenters. The van der Waals surface area contributed by atoms with Gasteiger partial charge in [0, 0.05) is 77.3 Å². The molecular weight excluding hydrogens is 1540 g/mol. The molecule has 5 nitrogen and oxygen atoms in total. The smallest absolute Gasteiger partial charge is 0.160 e. The van der Waals surface area contributed by atoms with Crippen LogP contribution < -0.4 is 0 Å². The minimum absolute atomic E-state index is 0.00405. The summed E-state index contributed by atoms with van der Waals surface area (Å²) in [7, 11) is 0. The molecule has 2 fully saturated rings. The first-order valence-corrected chi connectivity index (χ1v) is 46.0. The predicted molar refractivity (Wildman–Crippen MR) is 523 cm³/mol. The van der Waals surface area contributed by atoms with E-state index in [0.29, 0.717) is 5.82 Å². The van der Waals surface area contributed by atoms with Crippen molar-refractivity contribution in [2.24, 2.45) is 0 Å². The number of hydrogen-bond donors (Lipinski definition) is 0. The molecule has 0 aliphatic heterocycles. The minimum Gasteiger partial charge on any atom is -0.456 e. The fourth-order valence-electron chi connectivity index (χ4n) is 24.0. The summed E-state index contributed by atoms with van der Waals surface area (Å²) < 4.78 is 7.10. The maximum atomic E-state index is 7.10. The summed E-state index contributed by atoms with van der Waals surface area (Å²) >= 11 is 0. The van der Waals surface area contributed by atoms with Gasteiger partial charge in [-0.25, -0.2) is 19.9 Å². The van der Waals surface area contributed by atoms with Gasteiger partial charge >= 0.3 is 0 Å². The Balaban J connectivity index is 0.517. The third kappa shape index (κ3) is 12.2. The van der Waals surface area contributed by atoms with E-state index in [2.05, 4.69) is 385 Å². The monoisotopic (exact) mass is 1630 g/mol. The van der Waals surface area contributed by atoms with E-state index in [-0.39, 0.29) is 27.6 Å². The Morgan fingerprint density at radius 2 is 0.732 bits per heavy atom. The highest BCUT2D eigenvalue weighted by atomic mass is 16.3. The zero-order chi connectivity index (χ0) is 84.3. The van der Waals surface area contributed by atoms with E-state index < -0.39 is 0 Å². The Hall–Kier alpha value is -14.3. The van der Waals surface area contributed by atoms with Crippen LogP contribution in [0.1, 0.15) is 153 Å². The molecule has 0 N–H and O–H groups in total. The Kier molecular flexibility index (Phi) is 17.5. The van der Waals surface area contributed by atoms with Gasteiger partial charge in [-0.3, -0.25) is 0 Å². The molecule has 0 amide bonds.